The van der Waals surface area contributed by atoms with Crippen molar-refractivity contribution in [2.75, 3.05) is 20.3 Å². The largest absolute Gasteiger partial charge is 0.461 e. The number of rotatable bonds is 7. The highest BCUT2D eigenvalue weighted by atomic mass is 16.5. The van der Waals surface area contributed by atoms with E-state index in [0.717, 1.165) is 6.42 Å². The average Bonchev–Trinajstić information content (AvgIpc) is 2.73. The van der Waals surface area contributed by atoms with Crippen LogP contribution in [0.3, 0.4) is 0 Å². The van der Waals surface area contributed by atoms with Gasteiger partial charge in [0.15, 0.2) is 5.69 Å². The van der Waals surface area contributed by atoms with Gasteiger partial charge in [-0.25, -0.2) is 9.48 Å². The highest BCUT2D eigenvalue weighted by Gasteiger charge is 2.19. The van der Waals surface area contributed by atoms with Crippen LogP contribution in [0.2, 0.25) is 0 Å². The minimum atomic E-state index is -0.481. The number of nitrogens with zero attached hydrogens (tertiary/aromatic N) is 3. The molecule has 0 radical (unpaired) electrons. The van der Waals surface area contributed by atoms with Gasteiger partial charge in [0, 0.05) is 26.8 Å². The van der Waals surface area contributed by atoms with Gasteiger partial charge < -0.3 is 15.2 Å². The Morgan fingerprint density at radius 1 is 1.53 bits per heavy atom. The van der Waals surface area contributed by atoms with Crippen molar-refractivity contribution in [3.8, 4) is 0 Å². The van der Waals surface area contributed by atoms with Gasteiger partial charge in [-0.05, 0) is 13.3 Å². The Kier molecular flexibility index (Phi) is 5.58. The van der Waals surface area contributed by atoms with Crippen LogP contribution in [-0.2, 0) is 22.6 Å². The van der Waals surface area contributed by atoms with Crippen LogP contribution in [0.15, 0.2) is 0 Å². The standard InChI is InChI=1S/C10H18N4O3/c1-3-17-10(15)9-8(7-11)14(13-12-9)5-4-6-16-2/h3-7,11H2,1-2H3. The van der Waals surface area contributed by atoms with Gasteiger partial charge in [-0.2, -0.15) is 0 Å². The lowest BCUT2D eigenvalue weighted by molar-refractivity contribution is 0.0518. The van der Waals surface area contributed by atoms with Gasteiger partial charge in [0.05, 0.1) is 12.3 Å². The molecule has 1 aromatic rings. The first-order valence-electron chi connectivity index (χ1n) is 5.53. The van der Waals surface area contributed by atoms with E-state index in [0.29, 0.717) is 25.5 Å². The summed E-state index contributed by atoms with van der Waals surface area (Å²) in [5.41, 5.74) is 6.39. The number of methoxy groups -OCH3 is 1. The minimum Gasteiger partial charge on any atom is -0.461 e. The molecular formula is C10H18N4O3. The van der Waals surface area contributed by atoms with Crippen molar-refractivity contribution >= 4 is 5.97 Å². The number of esters is 1. The van der Waals surface area contributed by atoms with Crippen molar-refractivity contribution in [3.63, 3.8) is 0 Å². The van der Waals surface area contributed by atoms with E-state index in [2.05, 4.69) is 10.3 Å². The normalized spacial score (nSPS) is 10.5. The Bertz CT molecular complexity index is 364. The summed E-state index contributed by atoms with van der Waals surface area (Å²) in [7, 11) is 1.63. The van der Waals surface area contributed by atoms with Crippen LogP contribution in [0.4, 0.5) is 0 Å². The monoisotopic (exact) mass is 242 g/mol. The first-order chi connectivity index (χ1) is 8.24. The predicted molar refractivity (Wildman–Crippen MR) is 60.4 cm³/mol. The first-order valence-corrected chi connectivity index (χ1v) is 5.53. The molecule has 0 amide bonds. The summed E-state index contributed by atoms with van der Waals surface area (Å²) in [6, 6.07) is 0. The molecule has 0 aliphatic heterocycles. The molecule has 0 aromatic carbocycles. The molecule has 96 valence electrons. The summed E-state index contributed by atoms with van der Waals surface area (Å²) in [6.45, 7) is 3.49. The molecule has 1 heterocycles. The second-order valence-electron chi connectivity index (χ2n) is 3.38. The van der Waals surface area contributed by atoms with Gasteiger partial charge in [-0.15, -0.1) is 5.10 Å². The van der Waals surface area contributed by atoms with Gasteiger partial charge in [0.25, 0.3) is 0 Å². The molecule has 0 aliphatic carbocycles. The average molecular weight is 242 g/mol. The fraction of sp³-hybridized carbons (Fsp3) is 0.700. The quantitative estimate of drug-likeness (QED) is 0.532. The fourth-order valence-corrected chi connectivity index (χ4v) is 1.43. The van der Waals surface area contributed by atoms with Gasteiger partial charge in [0.1, 0.15) is 0 Å². The second-order valence-corrected chi connectivity index (χ2v) is 3.38. The van der Waals surface area contributed by atoms with Gasteiger partial charge in [-0.3, -0.25) is 0 Å². The van der Waals surface area contributed by atoms with Crippen LogP contribution in [-0.4, -0.2) is 41.3 Å². The van der Waals surface area contributed by atoms with E-state index in [1.54, 1.807) is 18.7 Å². The number of nitrogens with two attached hydrogens (primary N) is 1. The fourth-order valence-electron chi connectivity index (χ4n) is 1.43. The van der Waals surface area contributed by atoms with Crippen molar-refractivity contribution in [2.24, 2.45) is 5.73 Å². The molecule has 1 aromatic heterocycles. The molecule has 0 unspecified atom stereocenters. The van der Waals surface area contributed by atoms with Crippen molar-refractivity contribution in [1.29, 1.82) is 0 Å². The van der Waals surface area contributed by atoms with E-state index in [4.69, 9.17) is 15.2 Å². The maximum absolute atomic E-state index is 11.5. The maximum Gasteiger partial charge on any atom is 0.360 e. The maximum atomic E-state index is 11.5. The summed E-state index contributed by atoms with van der Waals surface area (Å²) in [5.74, 6) is -0.481. The Labute approximate surface area is 99.9 Å². The van der Waals surface area contributed by atoms with E-state index < -0.39 is 5.97 Å². The molecule has 0 aliphatic rings. The highest BCUT2D eigenvalue weighted by molar-refractivity contribution is 5.88. The van der Waals surface area contributed by atoms with Crippen LogP contribution >= 0.6 is 0 Å². The Hall–Kier alpha value is -1.47. The number of aromatic nitrogens is 3. The van der Waals surface area contributed by atoms with Crippen LogP contribution < -0.4 is 5.73 Å². The van der Waals surface area contributed by atoms with Gasteiger partial charge in [-0.1, -0.05) is 5.21 Å². The first kappa shape index (κ1) is 13.6. The number of aryl methyl sites for hydroxylation is 1. The van der Waals surface area contributed by atoms with Crippen LogP contribution in [0.1, 0.15) is 29.5 Å². The smallest absolute Gasteiger partial charge is 0.360 e. The van der Waals surface area contributed by atoms with Gasteiger partial charge >= 0.3 is 5.97 Å². The minimum absolute atomic E-state index is 0.201. The molecular weight excluding hydrogens is 224 g/mol. The lowest BCUT2D eigenvalue weighted by Crippen LogP contribution is -2.15. The molecule has 7 nitrogen and oxygen atoms in total. The van der Waals surface area contributed by atoms with Crippen LogP contribution in [0.25, 0.3) is 0 Å². The van der Waals surface area contributed by atoms with Gasteiger partial charge in [0.2, 0.25) is 0 Å². The molecule has 0 spiro atoms. The summed E-state index contributed by atoms with van der Waals surface area (Å²) < 4.78 is 11.4. The molecule has 0 bridgehead atoms. The zero-order valence-electron chi connectivity index (χ0n) is 10.2. The molecule has 1 rings (SSSR count). The molecule has 0 fully saturated rings. The van der Waals surface area contributed by atoms with E-state index >= 15 is 0 Å². The van der Waals surface area contributed by atoms with Crippen molar-refractivity contribution in [1.82, 2.24) is 15.0 Å². The Morgan fingerprint density at radius 2 is 2.29 bits per heavy atom. The van der Waals surface area contributed by atoms with Crippen molar-refractivity contribution < 1.29 is 14.3 Å². The number of ether oxygens (including phenoxy) is 2. The van der Waals surface area contributed by atoms with Crippen LogP contribution in [0.5, 0.6) is 0 Å². The van der Waals surface area contributed by atoms with Crippen molar-refractivity contribution in [3.05, 3.63) is 11.4 Å². The van der Waals surface area contributed by atoms with E-state index in [1.807, 2.05) is 0 Å². The molecule has 17 heavy (non-hydrogen) atoms. The molecule has 2 N–H and O–H groups in total. The van der Waals surface area contributed by atoms with E-state index in [-0.39, 0.29) is 12.2 Å². The molecule has 0 saturated carbocycles. The van der Waals surface area contributed by atoms with Crippen LogP contribution in [0, 0.1) is 0 Å². The van der Waals surface area contributed by atoms with Crippen molar-refractivity contribution in [2.45, 2.75) is 26.4 Å². The predicted octanol–water partition coefficient (Wildman–Crippen LogP) is -0.0500. The number of hydrogen-bond acceptors (Lipinski definition) is 6. The second kappa shape index (κ2) is 6.97. The highest BCUT2D eigenvalue weighted by Crippen LogP contribution is 2.07. The number of hydrogen-bond donors (Lipinski definition) is 1. The SMILES string of the molecule is CCOC(=O)c1nnn(CCCOC)c1CN. The third-order valence-corrected chi connectivity index (χ3v) is 2.22. The van der Waals surface area contributed by atoms with E-state index in [9.17, 15) is 4.79 Å². The summed E-state index contributed by atoms with van der Waals surface area (Å²) in [6.07, 6.45) is 0.787. The summed E-state index contributed by atoms with van der Waals surface area (Å²) in [5, 5.41) is 7.69. The number of carbonyl (C=O) groups excluding carboxylic acids is 1. The third-order valence-electron chi connectivity index (χ3n) is 2.22. The zero-order chi connectivity index (χ0) is 12.7. The molecule has 0 atom stereocenters. The Balaban J connectivity index is 2.76. The topological polar surface area (TPSA) is 92.3 Å². The third kappa shape index (κ3) is 3.50. The number of carbonyl (C=O) groups is 1. The Morgan fingerprint density at radius 3 is 2.88 bits per heavy atom. The molecule has 7 heteroatoms. The molecule has 0 saturated heterocycles. The summed E-state index contributed by atoms with van der Waals surface area (Å²) in [4.78, 5) is 11.5. The van der Waals surface area contributed by atoms with E-state index in [1.165, 1.54) is 0 Å². The summed E-state index contributed by atoms with van der Waals surface area (Å²) >= 11 is 0. The lowest BCUT2D eigenvalue weighted by atomic mass is 10.3. The zero-order valence-corrected chi connectivity index (χ0v) is 10.2. The lowest BCUT2D eigenvalue weighted by Gasteiger charge is -2.05.